The van der Waals surface area contributed by atoms with Gasteiger partial charge >= 0.3 is 0 Å². The lowest BCUT2D eigenvalue weighted by Gasteiger charge is -2.20. The molecule has 1 heterocycles. The van der Waals surface area contributed by atoms with Crippen molar-refractivity contribution in [3.05, 3.63) is 106 Å². The topological polar surface area (TPSA) is 62.0 Å². The molecule has 142 valence electrons. The second kappa shape index (κ2) is 8.26. The second-order valence-corrected chi connectivity index (χ2v) is 7.43. The summed E-state index contributed by atoms with van der Waals surface area (Å²) in [6.45, 7) is 0. The minimum absolute atomic E-state index is 0.0227. The molecule has 1 aliphatic carbocycles. The number of rotatable bonds is 7. The Labute approximate surface area is 164 Å². The van der Waals surface area contributed by atoms with Crippen molar-refractivity contribution < 1.29 is 4.79 Å². The maximum atomic E-state index is 12.7. The minimum atomic E-state index is -0.127. The van der Waals surface area contributed by atoms with Gasteiger partial charge in [-0.1, -0.05) is 66.7 Å². The smallest absolute Gasteiger partial charge is 0.247 e. The van der Waals surface area contributed by atoms with Gasteiger partial charge in [-0.25, -0.2) is 0 Å². The molecular formula is C24H24N2O2. The van der Waals surface area contributed by atoms with Crippen molar-refractivity contribution in [2.24, 2.45) is 5.92 Å². The van der Waals surface area contributed by atoms with Crippen LogP contribution in [-0.4, -0.2) is 10.9 Å². The van der Waals surface area contributed by atoms with Crippen molar-refractivity contribution in [1.29, 1.82) is 0 Å². The van der Waals surface area contributed by atoms with Crippen molar-refractivity contribution >= 4 is 5.91 Å². The molecule has 3 aromatic rings. The summed E-state index contributed by atoms with van der Waals surface area (Å²) in [4.78, 5) is 26.5. The average Bonchev–Trinajstić information content (AvgIpc) is 3.53. The summed E-state index contributed by atoms with van der Waals surface area (Å²) < 4.78 is 0. The van der Waals surface area contributed by atoms with E-state index in [-0.39, 0.29) is 17.5 Å². The van der Waals surface area contributed by atoms with Crippen LogP contribution >= 0.6 is 0 Å². The minimum Gasteiger partial charge on any atom is -0.349 e. The van der Waals surface area contributed by atoms with E-state index in [1.54, 1.807) is 12.3 Å². The van der Waals surface area contributed by atoms with Crippen molar-refractivity contribution in [1.82, 2.24) is 10.3 Å². The number of aromatic amines is 1. The molecule has 3 atom stereocenters. The highest BCUT2D eigenvalue weighted by Gasteiger charge is 2.44. The molecule has 1 fully saturated rings. The summed E-state index contributed by atoms with van der Waals surface area (Å²) in [7, 11) is 0. The molecule has 28 heavy (non-hydrogen) atoms. The van der Waals surface area contributed by atoms with Crippen LogP contribution in [-0.2, 0) is 11.2 Å². The molecule has 1 saturated carbocycles. The number of pyridine rings is 1. The highest BCUT2D eigenvalue weighted by molar-refractivity contribution is 5.76. The van der Waals surface area contributed by atoms with E-state index in [1.807, 2.05) is 24.3 Å². The zero-order chi connectivity index (χ0) is 19.3. The standard InChI is InChI=1S/C24H24N2O2/c27-22-13-11-17(16-25-22)12-14-23(28)26-24(19-9-5-2-6-10-19)21-15-20(21)18-7-3-1-4-8-18/h1-11,13,16,20-21,24H,12,14-15H2,(H,25,27)(H,26,28). The van der Waals surface area contributed by atoms with Gasteiger partial charge < -0.3 is 10.3 Å². The normalized spacial score (nSPS) is 19.0. The number of hydrogen-bond donors (Lipinski definition) is 2. The monoisotopic (exact) mass is 372 g/mol. The van der Waals surface area contributed by atoms with E-state index < -0.39 is 0 Å². The summed E-state index contributed by atoms with van der Waals surface area (Å²) in [6, 6.07) is 24.0. The summed E-state index contributed by atoms with van der Waals surface area (Å²) in [5, 5.41) is 3.27. The first-order chi connectivity index (χ1) is 13.7. The maximum Gasteiger partial charge on any atom is 0.247 e. The van der Waals surface area contributed by atoms with Gasteiger partial charge in [-0.3, -0.25) is 9.59 Å². The number of aryl methyl sites for hydroxylation is 1. The highest BCUT2D eigenvalue weighted by atomic mass is 16.1. The van der Waals surface area contributed by atoms with Gasteiger partial charge in [-0.05, 0) is 41.4 Å². The van der Waals surface area contributed by atoms with Gasteiger partial charge in [0.05, 0.1) is 6.04 Å². The number of carbonyl (C=O) groups excluding carboxylic acids is 1. The van der Waals surface area contributed by atoms with Crippen molar-refractivity contribution in [3.8, 4) is 0 Å². The molecule has 0 radical (unpaired) electrons. The van der Waals surface area contributed by atoms with Crippen molar-refractivity contribution in [2.75, 3.05) is 0 Å². The third-order valence-corrected chi connectivity index (χ3v) is 5.46. The van der Waals surface area contributed by atoms with Crippen LogP contribution in [0.25, 0.3) is 0 Å². The second-order valence-electron chi connectivity index (χ2n) is 7.43. The zero-order valence-electron chi connectivity index (χ0n) is 15.7. The number of carbonyl (C=O) groups is 1. The third kappa shape index (κ3) is 4.39. The number of nitrogens with one attached hydrogen (secondary N) is 2. The quantitative estimate of drug-likeness (QED) is 0.659. The number of hydrogen-bond acceptors (Lipinski definition) is 2. The van der Waals surface area contributed by atoms with Crippen LogP contribution < -0.4 is 10.9 Å². The summed E-state index contributed by atoms with van der Waals surface area (Å²) in [5.41, 5.74) is 3.33. The van der Waals surface area contributed by atoms with Gasteiger partial charge in [0.2, 0.25) is 11.5 Å². The first-order valence-electron chi connectivity index (χ1n) is 9.77. The average molecular weight is 372 g/mol. The Balaban J connectivity index is 1.43. The SMILES string of the molecule is O=C(CCc1ccc(=O)[nH]c1)NC(c1ccccc1)C1CC1c1ccccc1. The Bertz CT molecular complexity index is 962. The summed E-state index contributed by atoms with van der Waals surface area (Å²) in [6.07, 6.45) is 3.77. The van der Waals surface area contributed by atoms with E-state index >= 15 is 0 Å². The van der Waals surface area contributed by atoms with E-state index in [2.05, 4.69) is 46.7 Å². The van der Waals surface area contributed by atoms with Crippen LogP contribution in [0.4, 0.5) is 0 Å². The van der Waals surface area contributed by atoms with Gasteiger partial charge in [0.15, 0.2) is 0 Å². The van der Waals surface area contributed by atoms with E-state index in [0.29, 0.717) is 24.7 Å². The Morgan fingerprint density at radius 1 is 1.00 bits per heavy atom. The lowest BCUT2D eigenvalue weighted by Crippen LogP contribution is -2.30. The predicted molar refractivity (Wildman–Crippen MR) is 110 cm³/mol. The fraction of sp³-hybridized carbons (Fsp3) is 0.250. The van der Waals surface area contributed by atoms with Crippen molar-refractivity contribution in [2.45, 2.75) is 31.2 Å². The predicted octanol–water partition coefficient (Wildman–Crippen LogP) is 3.97. The number of H-pyrrole nitrogens is 1. The van der Waals surface area contributed by atoms with Gasteiger partial charge in [-0.2, -0.15) is 0 Å². The van der Waals surface area contributed by atoms with Crippen LogP contribution in [0.1, 0.15) is 41.5 Å². The summed E-state index contributed by atoms with van der Waals surface area (Å²) in [5.74, 6) is 0.950. The zero-order valence-corrected chi connectivity index (χ0v) is 15.7. The van der Waals surface area contributed by atoms with Gasteiger partial charge in [-0.15, -0.1) is 0 Å². The van der Waals surface area contributed by atoms with Gasteiger partial charge in [0, 0.05) is 18.7 Å². The third-order valence-electron chi connectivity index (χ3n) is 5.46. The molecule has 4 heteroatoms. The summed E-state index contributed by atoms with van der Waals surface area (Å²) >= 11 is 0. The van der Waals surface area contributed by atoms with Crippen molar-refractivity contribution in [3.63, 3.8) is 0 Å². The largest absolute Gasteiger partial charge is 0.349 e. The molecule has 0 saturated heterocycles. The fourth-order valence-corrected chi connectivity index (χ4v) is 3.87. The highest BCUT2D eigenvalue weighted by Crippen LogP contribution is 2.54. The Morgan fingerprint density at radius 2 is 1.71 bits per heavy atom. The van der Waals surface area contributed by atoms with E-state index in [0.717, 1.165) is 17.5 Å². The Kier molecular flexibility index (Phi) is 5.38. The molecule has 0 spiro atoms. The van der Waals surface area contributed by atoms with Crippen LogP contribution in [0.15, 0.2) is 83.8 Å². The lowest BCUT2D eigenvalue weighted by atomic mass is 9.98. The molecular weight excluding hydrogens is 348 g/mol. The molecule has 0 aliphatic heterocycles. The number of amides is 1. The van der Waals surface area contributed by atoms with Crippen LogP contribution in [0.3, 0.4) is 0 Å². The number of benzene rings is 2. The molecule has 2 aromatic carbocycles. The fourth-order valence-electron chi connectivity index (χ4n) is 3.87. The molecule has 1 amide bonds. The van der Waals surface area contributed by atoms with Crippen LogP contribution in [0.5, 0.6) is 0 Å². The van der Waals surface area contributed by atoms with Gasteiger partial charge in [0.25, 0.3) is 0 Å². The molecule has 1 aromatic heterocycles. The molecule has 0 bridgehead atoms. The first kappa shape index (κ1) is 18.2. The first-order valence-corrected chi connectivity index (χ1v) is 9.77. The number of aromatic nitrogens is 1. The van der Waals surface area contributed by atoms with E-state index in [4.69, 9.17) is 0 Å². The molecule has 2 N–H and O–H groups in total. The van der Waals surface area contributed by atoms with E-state index in [1.165, 1.54) is 11.6 Å². The molecule has 4 nitrogen and oxygen atoms in total. The lowest BCUT2D eigenvalue weighted by molar-refractivity contribution is -0.122. The molecule has 4 rings (SSSR count). The molecule has 3 unspecified atom stereocenters. The Morgan fingerprint density at radius 3 is 2.39 bits per heavy atom. The van der Waals surface area contributed by atoms with E-state index in [9.17, 15) is 9.59 Å². The van der Waals surface area contributed by atoms with Gasteiger partial charge in [0.1, 0.15) is 0 Å². The molecule has 1 aliphatic rings. The van der Waals surface area contributed by atoms with Crippen LogP contribution in [0.2, 0.25) is 0 Å². The Hall–Kier alpha value is -3.14. The van der Waals surface area contributed by atoms with Crippen LogP contribution in [0, 0.1) is 5.92 Å². The maximum absolute atomic E-state index is 12.7.